The van der Waals surface area contributed by atoms with Gasteiger partial charge < -0.3 is 4.74 Å². The summed E-state index contributed by atoms with van der Waals surface area (Å²) in [7, 11) is 1.58. The number of pyridine rings is 1. The molecule has 0 saturated carbocycles. The van der Waals surface area contributed by atoms with E-state index in [0.717, 1.165) is 5.56 Å². The van der Waals surface area contributed by atoms with Gasteiger partial charge in [-0.15, -0.1) is 0 Å². The molecule has 1 rings (SSSR count). The Labute approximate surface area is 94.7 Å². The molecule has 5 heteroatoms. The van der Waals surface area contributed by atoms with Gasteiger partial charge >= 0.3 is 0 Å². The van der Waals surface area contributed by atoms with Crippen LogP contribution in [-0.4, -0.2) is 31.2 Å². The van der Waals surface area contributed by atoms with Crippen LogP contribution >= 0.6 is 0 Å². The Kier molecular flexibility index (Phi) is 6.13. The molecule has 1 N–H and O–H groups in total. The lowest BCUT2D eigenvalue weighted by Crippen LogP contribution is -2.25. The molecule has 1 aromatic heterocycles. The summed E-state index contributed by atoms with van der Waals surface area (Å²) in [6.45, 7) is 0.822. The number of nitrogens with one attached hydrogen (secondary N) is 1. The Balaban J connectivity index is 2.11. The highest BCUT2D eigenvalue weighted by atomic mass is 16.7. The SMILES string of the molecule is COCCONC(=O)CCc1ccncc1. The third kappa shape index (κ3) is 5.43. The molecule has 1 aromatic rings. The van der Waals surface area contributed by atoms with Crippen LogP contribution in [0.5, 0.6) is 0 Å². The number of hydrogen-bond acceptors (Lipinski definition) is 4. The molecule has 1 amide bonds. The summed E-state index contributed by atoms with van der Waals surface area (Å²) in [5.74, 6) is -0.132. The van der Waals surface area contributed by atoms with E-state index in [-0.39, 0.29) is 5.91 Å². The summed E-state index contributed by atoms with van der Waals surface area (Å²) >= 11 is 0. The van der Waals surface area contributed by atoms with Crippen LogP contribution in [0.15, 0.2) is 24.5 Å². The van der Waals surface area contributed by atoms with Crippen molar-refractivity contribution in [3.8, 4) is 0 Å². The average molecular weight is 224 g/mol. The number of methoxy groups -OCH3 is 1. The molecule has 0 atom stereocenters. The minimum atomic E-state index is -0.132. The summed E-state index contributed by atoms with van der Waals surface area (Å²) < 4.78 is 4.77. The largest absolute Gasteiger partial charge is 0.382 e. The van der Waals surface area contributed by atoms with Gasteiger partial charge in [-0.1, -0.05) is 0 Å². The molecule has 0 bridgehead atoms. The van der Waals surface area contributed by atoms with Gasteiger partial charge in [0.25, 0.3) is 0 Å². The first kappa shape index (κ1) is 12.6. The molecule has 0 fully saturated rings. The van der Waals surface area contributed by atoms with Gasteiger partial charge in [-0.2, -0.15) is 0 Å². The second-order valence-corrected chi connectivity index (χ2v) is 3.22. The van der Waals surface area contributed by atoms with E-state index in [4.69, 9.17) is 9.57 Å². The van der Waals surface area contributed by atoms with Crippen molar-refractivity contribution in [2.45, 2.75) is 12.8 Å². The molecule has 0 spiro atoms. The summed E-state index contributed by atoms with van der Waals surface area (Å²) in [4.78, 5) is 20.1. The van der Waals surface area contributed by atoms with Crippen LogP contribution in [0, 0.1) is 0 Å². The molecule has 0 aliphatic heterocycles. The molecule has 0 saturated heterocycles. The number of carbonyl (C=O) groups is 1. The Morgan fingerprint density at radius 2 is 2.12 bits per heavy atom. The highest BCUT2D eigenvalue weighted by Crippen LogP contribution is 2.00. The van der Waals surface area contributed by atoms with Gasteiger partial charge in [-0.25, -0.2) is 5.48 Å². The van der Waals surface area contributed by atoms with Crippen LogP contribution in [0.25, 0.3) is 0 Å². The molecule has 1 heterocycles. The minimum absolute atomic E-state index is 0.132. The van der Waals surface area contributed by atoms with Crippen molar-refractivity contribution in [3.63, 3.8) is 0 Å². The number of aromatic nitrogens is 1. The van der Waals surface area contributed by atoms with Crippen LogP contribution in [0.3, 0.4) is 0 Å². The lowest BCUT2D eigenvalue weighted by molar-refractivity contribution is -0.134. The fourth-order valence-corrected chi connectivity index (χ4v) is 1.11. The second-order valence-electron chi connectivity index (χ2n) is 3.22. The third-order valence-corrected chi connectivity index (χ3v) is 1.97. The van der Waals surface area contributed by atoms with E-state index >= 15 is 0 Å². The Morgan fingerprint density at radius 3 is 2.81 bits per heavy atom. The number of hydroxylamine groups is 1. The molecular formula is C11H16N2O3. The maximum absolute atomic E-state index is 11.3. The molecule has 0 aromatic carbocycles. The number of carbonyl (C=O) groups excluding carboxylic acids is 1. The topological polar surface area (TPSA) is 60.5 Å². The fourth-order valence-electron chi connectivity index (χ4n) is 1.11. The van der Waals surface area contributed by atoms with Crippen LogP contribution in [0.1, 0.15) is 12.0 Å². The van der Waals surface area contributed by atoms with E-state index < -0.39 is 0 Å². The summed E-state index contributed by atoms with van der Waals surface area (Å²) in [5.41, 5.74) is 3.44. The van der Waals surface area contributed by atoms with E-state index in [1.165, 1.54) is 0 Å². The summed E-state index contributed by atoms with van der Waals surface area (Å²) in [6.07, 6.45) is 4.50. The first-order valence-electron chi connectivity index (χ1n) is 5.11. The lowest BCUT2D eigenvalue weighted by Gasteiger charge is -2.05. The van der Waals surface area contributed by atoms with E-state index in [9.17, 15) is 4.79 Å². The zero-order chi connectivity index (χ0) is 11.6. The molecule has 88 valence electrons. The van der Waals surface area contributed by atoms with Crippen molar-refractivity contribution in [1.82, 2.24) is 10.5 Å². The van der Waals surface area contributed by atoms with Crippen molar-refractivity contribution in [1.29, 1.82) is 0 Å². The number of nitrogens with zero attached hydrogens (tertiary/aromatic N) is 1. The Hall–Kier alpha value is -1.46. The van der Waals surface area contributed by atoms with Crippen molar-refractivity contribution in [2.24, 2.45) is 0 Å². The normalized spacial score (nSPS) is 10.1. The smallest absolute Gasteiger partial charge is 0.243 e. The molecule has 5 nitrogen and oxygen atoms in total. The van der Waals surface area contributed by atoms with Gasteiger partial charge in [0.1, 0.15) is 0 Å². The highest BCUT2D eigenvalue weighted by Gasteiger charge is 2.01. The van der Waals surface area contributed by atoms with Crippen molar-refractivity contribution < 1.29 is 14.4 Å². The van der Waals surface area contributed by atoms with Crippen molar-refractivity contribution in [3.05, 3.63) is 30.1 Å². The van der Waals surface area contributed by atoms with Crippen molar-refractivity contribution in [2.75, 3.05) is 20.3 Å². The van der Waals surface area contributed by atoms with Crippen LogP contribution < -0.4 is 5.48 Å². The van der Waals surface area contributed by atoms with Gasteiger partial charge in [-0.3, -0.25) is 14.6 Å². The number of ether oxygens (including phenoxy) is 1. The monoisotopic (exact) mass is 224 g/mol. The van der Waals surface area contributed by atoms with Gasteiger partial charge in [0.15, 0.2) is 0 Å². The van der Waals surface area contributed by atoms with E-state index in [0.29, 0.717) is 26.1 Å². The predicted octanol–water partition coefficient (Wildman–Crippen LogP) is 0.708. The standard InChI is InChI=1S/C11H16N2O3/c1-15-8-9-16-13-11(14)3-2-10-4-6-12-7-5-10/h4-7H,2-3,8-9H2,1H3,(H,13,14). The van der Waals surface area contributed by atoms with Crippen LogP contribution in [0.4, 0.5) is 0 Å². The second kappa shape index (κ2) is 7.78. The van der Waals surface area contributed by atoms with Gasteiger partial charge in [0.05, 0.1) is 13.2 Å². The quantitative estimate of drug-likeness (QED) is 0.547. The van der Waals surface area contributed by atoms with Crippen LogP contribution in [0.2, 0.25) is 0 Å². The van der Waals surface area contributed by atoms with Crippen molar-refractivity contribution >= 4 is 5.91 Å². The number of aryl methyl sites for hydroxylation is 1. The molecule has 0 unspecified atom stereocenters. The zero-order valence-corrected chi connectivity index (χ0v) is 9.31. The first-order chi connectivity index (χ1) is 7.83. The number of amides is 1. The van der Waals surface area contributed by atoms with E-state index in [1.54, 1.807) is 19.5 Å². The van der Waals surface area contributed by atoms with E-state index in [2.05, 4.69) is 10.5 Å². The highest BCUT2D eigenvalue weighted by molar-refractivity contribution is 5.74. The molecule has 0 radical (unpaired) electrons. The predicted molar refractivity (Wildman–Crippen MR) is 58.5 cm³/mol. The Bertz CT molecular complexity index is 303. The fraction of sp³-hybridized carbons (Fsp3) is 0.455. The minimum Gasteiger partial charge on any atom is -0.382 e. The van der Waals surface area contributed by atoms with Gasteiger partial charge in [0, 0.05) is 25.9 Å². The molecule has 0 aliphatic carbocycles. The van der Waals surface area contributed by atoms with Crippen LogP contribution in [-0.2, 0) is 20.8 Å². The molecule has 16 heavy (non-hydrogen) atoms. The average Bonchev–Trinajstić information content (AvgIpc) is 2.33. The van der Waals surface area contributed by atoms with Gasteiger partial charge in [-0.05, 0) is 24.1 Å². The molecular weight excluding hydrogens is 208 g/mol. The zero-order valence-electron chi connectivity index (χ0n) is 9.31. The summed E-state index contributed by atoms with van der Waals surface area (Å²) in [6, 6.07) is 3.78. The van der Waals surface area contributed by atoms with Gasteiger partial charge in [0.2, 0.25) is 5.91 Å². The lowest BCUT2D eigenvalue weighted by atomic mass is 10.1. The third-order valence-electron chi connectivity index (χ3n) is 1.97. The maximum atomic E-state index is 11.3. The number of rotatable bonds is 7. The number of hydrogen-bond donors (Lipinski definition) is 1. The van der Waals surface area contributed by atoms with E-state index in [1.807, 2.05) is 12.1 Å². The first-order valence-corrected chi connectivity index (χ1v) is 5.11. The maximum Gasteiger partial charge on any atom is 0.243 e. The summed E-state index contributed by atoms with van der Waals surface area (Å²) in [5, 5.41) is 0. The molecule has 0 aliphatic rings. The Morgan fingerprint density at radius 1 is 1.38 bits per heavy atom.